The molecule has 102 valence electrons. The van der Waals surface area contributed by atoms with Gasteiger partial charge in [0.15, 0.2) is 5.82 Å². The average Bonchev–Trinajstić information content (AvgIpc) is 2.79. The number of aromatic nitrogens is 2. The van der Waals surface area contributed by atoms with Crippen LogP contribution in [0.1, 0.15) is 31.1 Å². The molecule has 1 unspecified atom stereocenters. The predicted octanol–water partition coefficient (Wildman–Crippen LogP) is 2.98. The quantitative estimate of drug-likeness (QED) is 0.918. The fraction of sp³-hybridized carbons (Fsp3) is 0.429. The topological polar surface area (TPSA) is 59.2 Å². The van der Waals surface area contributed by atoms with Crippen molar-refractivity contribution in [2.45, 2.75) is 32.8 Å². The van der Waals surface area contributed by atoms with Gasteiger partial charge < -0.3 is 9.63 Å². The lowest BCUT2D eigenvalue weighted by molar-refractivity contribution is 0.116. The van der Waals surface area contributed by atoms with E-state index in [2.05, 4.69) is 26.1 Å². The summed E-state index contributed by atoms with van der Waals surface area (Å²) in [6, 6.07) is 7.94. The highest BCUT2D eigenvalue weighted by molar-refractivity contribution is 9.10. The van der Waals surface area contributed by atoms with Crippen molar-refractivity contribution in [3.63, 3.8) is 0 Å². The number of halogens is 1. The molecule has 0 amide bonds. The van der Waals surface area contributed by atoms with E-state index in [1.54, 1.807) is 0 Å². The molecule has 0 aliphatic rings. The van der Waals surface area contributed by atoms with Gasteiger partial charge in [0.1, 0.15) is 0 Å². The Hall–Kier alpha value is -1.20. The molecule has 1 aromatic heterocycles. The molecular weight excluding hydrogens is 308 g/mol. The number of nitrogens with zero attached hydrogens (tertiary/aromatic N) is 2. The fourth-order valence-corrected chi connectivity index (χ4v) is 2.10. The van der Waals surface area contributed by atoms with E-state index in [0.29, 0.717) is 24.6 Å². The summed E-state index contributed by atoms with van der Waals surface area (Å²) in [4.78, 5) is 4.31. The molecule has 5 heteroatoms. The zero-order valence-corrected chi connectivity index (χ0v) is 12.6. The Labute approximate surface area is 121 Å². The van der Waals surface area contributed by atoms with Crippen LogP contribution >= 0.6 is 15.9 Å². The summed E-state index contributed by atoms with van der Waals surface area (Å²) >= 11 is 3.49. The van der Waals surface area contributed by atoms with E-state index in [1.165, 1.54) is 0 Å². The van der Waals surface area contributed by atoms with E-state index in [9.17, 15) is 5.11 Å². The summed E-state index contributed by atoms with van der Waals surface area (Å²) < 4.78 is 6.19. The first-order valence-corrected chi connectivity index (χ1v) is 7.08. The zero-order valence-electron chi connectivity index (χ0n) is 11.0. The molecule has 2 aromatic rings. The molecule has 0 bridgehead atoms. The van der Waals surface area contributed by atoms with Crippen LogP contribution < -0.4 is 0 Å². The summed E-state index contributed by atoms with van der Waals surface area (Å²) in [7, 11) is 0. The smallest absolute Gasteiger partial charge is 0.229 e. The largest absolute Gasteiger partial charge is 0.392 e. The van der Waals surface area contributed by atoms with Crippen LogP contribution in [0.2, 0.25) is 0 Å². The third kappa shape index (κ3) is 3.88. The zero-order chi connectivity index (χ0) is 13.8. The molecule has 0 fully saturated rings. The maximum Gasteiger partial charge on any atom is 0.229 e. The van der Waals surface area contributed by atoms with Crippen LogP contribution in [-0.4, -0.2) is 21.4 Å². The first kappa shape index (κ1) is 14.2. The molecule has 0 saturated heterocycles. The molecule has 2 rings (SSSR count). The Bertz CT molecular complexity index is 540. The highest BCUT2D eigenvalue weighted by atomic mass is 79.9. The molecule has 19 heavy (non-hydrogen) atoms. The van der Waals surface area contributed by atoms with E-state index in [0.717, 1.165) is 10.0 Å². The summed E-state index contributed by atoms with van der Waals surface area (Å²) in [5.74, 6) is 1.31. The maximum atomic E-state index is 9.79. The minimum Gasteiger partial charge on any atom is -0.392 e. The van der Waals surface area contributed by atoms with Gasteiger partial charge in [-0.25, -0.2) is 0 Å². The lowest BCUT2D eigenvalue weighted by atomic mass is 10.0. The average molecular weight is 325 g/mol. The molecule has 0 radical (unpaired) electrons. The molecule has 1 heterocycles. The first-order chi connectivity index (χ1) is 9.06. The fourth-order valence-electron chi connectivity index (χ4n) is 1.67. The minimum atomic E-state index is -0.447. The molecule has 0 saturated carbocycles. The van der Waals surface area contributed by atoms with Gasteiger partial charge in [0.25, 0.3) is 0 Å². The van der Waals surface area contributed by atoms with Gasteiger partial charge in [0.2, 0.25) is 5.89 Å². The van der Waals surface area contributed by atoms with Gasteiger partial charge in [0.05, 0.1) is 12.5 Å². The van der Waals surface area contributed by atoms with Gasteiger partial charge >= 0.3 is 0 Å². The molecule has 1 aromatic carbocycles. The Balaban J connectivity index is 2.04. The van der Waals surface area contributed by atoms with Crippen LogP contribution in [0.3, 0.4) is 0 Å². The minimum absolute atomic E-state index is 0.179. The van der Waals surface area contributed by atoms with Crippen LogP contribution in [0.4, 0.5) is 0 Å². The lowest BCUT2D eigenvalue weighted by Gasteiger charge is -2.10. The summed E-state index contributed by atoms with van der Waals surface area (Å²) in [5, 5.41) is 13.7. The molecule has 1 atom stereocenters. The van der Waals surface area contributed by atoms with Crippen molar-refractivity contribution in [1.29, 1.82) is 0 Å². The van der Waals surface area contributed by atoms with Gasteiger partial charge in [-0.05, 0) is 17.5 Å². The second-order valence-electron chi connectivity index (χ2n) is 4.89. The van der Waals surface area contributed by atoms with Crippen molar-refractivity contribution in [3.05, 3.63) is 46.0 Å². The van der Waals surface area contributed by atoms with E-state index < -0.39 is 6.10 Å². The second-order valence-corrected chi connectivity index (χ2v) is 5.74. The van der Waals surface area contributed by atoms with Crippen molar-refractivity contribution in [1.82, 2.24) is 10.1 Å². The molecule has 1 N–H and O–H groups in total. The van der Waals surface area contributed by atoms with Crippen molar-refractivity contribution >= 4 is 15.9 Å². The molecule has 0 aliphatic heterocycles. The normalized spacial score (nSPS) is 12.9. The standard InChI is InChI=1S/C14H17BrN2O2/c1-9(2)12(18)8-14-16-13(17-19-14)7-10-5-3-4-6-11(10)15/h3-6,9,12,18H,7-8H2,1-2H3. The number of rotatable bonds is 5. The van der Waals surface area contributed by atoms with Gasteiger partial charge in [-0.15, -0.1) is 0 Å². The van der Waals surface area contributed by atoms with Crippen molar-refractivity contribution in [2.75, 3.05) is 0 Å². The van der Waals surface area contributed by atoms with Crippen LogP contribution in [0, 0.1) is 5.92 Å². The molecule has 0 spiro atoms. The Morgan fingerprint density at radius 1 is 1.32 bits per heavy atom. The number of benzene rings is 1. The monoisotopic (exact) mass is 324 g/mol. The third-order valence-corrected chi connectivity index (χ3v) is 3.74. The highest BCUT2D eigenvalue weighted by Crippen LogP contribution is 2.18. The van der Waals surface area contributed by atoms with E-state index in [4.69, 9.17) is 4.52 Å². The Kier molecular flexibility index (Phi) is 4.71. The Morgan fingerprint density at radius 2 is 2.05 bits per heavy atom. The predicted molar refractivity (Wildman–Crippen MR) is 75.8 cm³/mol. The molecular formula is C14H17BrN2O2. The highest BCUT2D eigenvalue weighted by Gasteiger charge is 2.15. The maximum absolute atomic E-state index is 9.79. The van der Waals surface area contributed by atoms with E-state index in [-0.39, 0.29) is 5.92 Å². The van der Waals surface area contributed by atoms with Crippen LogP contribution in [0.15, 0.2) is 33.3 Å². The van der Waals surface area contributed by atoms with Crippen LogP contribution in [0.5, 0.6) is 0 Å². The van der Waals surface area contributed by atoms with Crippen LogP contribution in [0.25, 0.3) is 0 Å². The third-order valence-electron chi connectivity index (χ3n) is 2.97. The molecule has 4 nitrogen and oxygen atoms in total. The summed E-state index contributed by atoms with van der Waals surface area (Å²) in [6.07, 6.45) is 0.570. The lowest BCUT2D eigenvalue weighted by Crippen LogP contribution is -2.17. The van der Waals surface area contributed by atoms with Gasteiger partial charge in [-0.3, -0.25) is 0 Å². The number of aliphatic hydroxyl groups is 1. The van der Waals surface area contributed by atoms with E-state index in [1.807, 2.05) is 38.1 Å². The second kappa shape index (κ2) is 6.30. The molecule has 0 aliphatic carbocycles. The Morgan fingerprint density at radius 3 is 2.74 bits per heavy atom. The number of hydrogen-bond acceptors (Lipinski definition) is 4. The van der Waals surface area contributed by atoms with Crippen molar-refractivity contribution < 1.29 is 9.63 Å². The summed E-state index contributed by atoms with van der Waals surface area (Å²) in [6.45, 7) is 3.92. The number of hydrogen-bond donors (Lipinski definition) is 1. The van der Waals surface area contributed by atoms with Gasteiger partial charge in [-0.1, -0.05) is 53.1 Å². The summed E-state index contributed by atoms with van der Waals surface area (Å²) in [5.41, 5.74) is 1.11. The van der Waals surface area contributed by atoms with Crippen molar-refractivity contribution in [2.24, 2.45) is 5.92 Å². The van der Waals surface area contributed by atoms with Gasteiger partial charge in [0, 0.05) is 10.9 Å². The SMILES string of the molecule is CC(C)C(O)Cc1nc(Cc2ccccc2Br)no1. The van der Waals surface area contributed by atoms with E-state index >= 15 is 0 Å². The van der Waals surface area contributed by atoms with Crippen molar-refractivity contribution in [3.8, 4) is 0 Å². The first-order valence-electron chi connectivity index (χ1n) is 6.29. The van der Waals surface area contributed by atoms with Crippen LogP contribution in [-0.2, 0) is 12.8 Å². The van der Waals surface area contributed by atoms with Gasteiger partial charge in [-0.2, -0.15) is 4.98 Å². The number of aliphatic hydroxyl groups excluding tert-OH is 1.